The van der Waals surface area contributed by atoms with E-state index in [2.05, 4.69) is 49.4 Å². The standard InChI is InChI=1S/C21H32N4O/c1-15-19(13-24-11-10-20(22)21(3,4)14-24)16(2)25(23-15)12-17-6-8-18(26-5)9-7-17/h6-9,20H,10-14,22H2,1-5H3. The van der Waals surface area contributed by atoms with Crippen LogP contribution in [0, 0.1) is 19.3 Å². The molecule has 26 heavy (non-hydrogen) atoms. The monoisotopic (exact) mass is 356 g/mol. The van der Waals surface area contributed by atoms with Gasteiger partial charge in [0, 0.05) is 36.9 Å². The van der Waals surface area contributed by atoms with E-state index in [0.717, 1.165) is 44.0 Å². The molecule has 3 rings (SSSR count). The van der Waals surface area contributed by atoms with Gasteiger partial charge in [-0.05, 0) is 43.4 Å². The van der Waals surface area contributed by atoms with Crippen LogP contribution in [0.25, 0.3) is 0 Å². The molecule has 0 saturated carbocycles. The minimum absolute atomic E-state index is 0.166. The van der Waals surface area contributed by atoms with Crippen molar-refractivity contribution >= 4 is 0 Å². The number of piperidine rings is 1. The molecule has 142 valence electrons. The van der Waals surface area contributed by atoms with Gasteiger partial charge < -0.3 is 10.5 Å². The molecule has 2 N–H and O–H groups in total. The van der Waals surface area contributed by atoms with E-state index in [1.807, 2.05) is 12.1 Å². The zero-order chi connectivity index (χ0) is 18.9. The first kappa shape index (κ1) is 18.9. The Kier molecular flexibility index (Phi) is 5.39. The number of hydrogen-bond donors (Lipinski definition) is 1. The molecule has 5 nitrogen and oxygen atoms in total. The number of nitrogens with two attached hydrogens (primary N) is 1. The molecule has 0 spiro atoms. The van der Waals surface area contributed by atoms with Crippen LogP contribution in [0.4, 0.5) is 0 Å². The van der Waals surface area contributed by atoms with E-state index >= 15 is 0 Å². The van der Waals surface area contributed by atoms with Crippen molar-refractivity contribution in [2.45, 2.75) is 53.2 Å². The molecule has 1 unspecified atom stereocenters. The van der Waals surface area contributed by atoms with E-state index in [0.29, 0.717) is 6.04 Å². The van der Waals surface area contributed by atoms with Crippen LogP contribution in [0.2, 0.25) is 0 Å². The van der Waals surface area contributed by atoms with Gasteiger partial charge in [0.1, 0.15) is 5.75 Å². The number of methoxy groups -OCH3 is 1. The lowest BCUT2D eigenvalue weighted by Gasteiger charge is -2.42. The first-order valence-electron chi connectivity index (χ1n) is 9.44. The van der Waals surface area contributed by atoms with E-state index in [1.54, 1.807) is 7.11 Å². The van der Waals surface area contributed by atoms with Crippen molar-refractivity contribution < 1.29 is 4.74 Å². The summed E-state index contributed by atoms with van der Waals surface area (Å²) in [5.74, 6) is 0.883. The van der Waals surface area contributed by atoms with Gasteiger partial charge in [0.25, 0.3) is 0 Å². The topological polar surface area (TPSA) is 56.3 Å². The summed E-state index contributed by atoms with van der Waals surface area (Å²) in [5.41, 5.74) is 11.4. The highest BCUT2D eigenvalue weighted by Crippen LogP contribution is 2.29. The summed E-state index contributed by atoms with van der Waals surface area (Å²) in [5, 5.41) is 4.80. The Morgan fingerprint density at radius 3 is 2.50 bits per heavy atom. The zero-order valence-corrected chi connectivity index (χ0v) is 16.7. The lowest BCUT2D eigenvalue weighted by atomic mass is 9.79. The average Bonchev–Trinajstić information content (AvgIpc) is 2.86. The van der Waals surface area contributed by atoms with E-state index in [1.165, 1.54) is 16.8 Å². The molecular formula is C21H32N4O. The Bertz CT molecular complexity index is 748. The molecule has 1 saturated heterocycles. The van der Waals surface area contributed by atoms with Gasteiger partial charge in [-0.2, -0.15) is 5.10 Å². The molecule has 2 heterocycles. The van der Waals surface area contributed by atoms with Crippen molar-refractivity contribution in [1.29, 1.82) is 0 Å². The first-order valence-corrected chi connectivity index (χ1v) is 9.44. The van der Waals surface area contributed by atoms with Gasteiger partial charge in [-0.25, -0.2) is 0 Å². The first-order chi connectivity index (χ1) is 12.3. The maximum Gasteiger partial charge on any atom is 0.118 e. The van der Waals surface area contributed by atoms with Crippen molar-refractivity contribution in [3.05, 3.63) is 46.8 Å². The highest BCUT2D eigenvalue weighted by molar-refractivity contribution is 5.29. The van der Waals surface area contributed by atoms with Crippen molar-refractivity contribution in [2.75, 3.05) is 20.2 Å². The third-order valence-electron chi connectivity index (χ3n) is 5.80. The minimum atomic E-state index is 0.166. The Labute approximate surface area is 157 Å². The summed E-state index contributed by atoms with van der Waals surface area (Å²) in [6.45, 7) is 12.7. The zero-order valence-electron chi connectivity index (χ0n) is 16.7. The SMILES string of the molecule is COc1ccc(Cn2nc(C)c(CN3CCC(N)C(C)(C)C3)c2C)cc1. The third-order valence-corrected chi connectivity index (χ3v) is 5.80. The Balaban J connectivity index is 1.73. The van der Waals surface area contributed by atoms with E-state index in [-0.39, 0.29) is 5.41 Å². The summed E-state index contributed by atoms with van der Waals surface area (Å²) >= 11 is 0. The van der Waals surface area contributed by atoms with Gasteiger partial charge in [0.2, 0.25) is 0 Å². The van der Waals surface area contributed by atoms with Crippen molar-refractivity contribution in [2.24, 2.45) is 11.1 Å². The van der Waals surface area contributed by atoms with E-state index in [4.69, 9.17) is 15.6 Å². The molecule has 1 aromatic heterocycles. The Morgan fingerprint density at radius 1 is 1.19 bits per heavy atom. The second-order valence-corrected chi connectivity index (χ2v) is 8.25. The molecule has 1 fully saturated rings. The van der Waals surface area contributed by atoms with Crippen LogP contribution in [0.1, 0.15) is 42.8 Å². The van der Waals surface area contributed by atoms with Crippen LogP contribution in [-0.4, -0.2) is 40.9 Å². The summed E-state index contributed by atoms with van der Waals surface area (Å²) in [6, 6.07) is 8.49. The van der Waals surface area contributed by atoms with Crippen LogP contribution in [0.3, 0.4) is 0 Å². The van der Waals surface area contributed by atoms with Crippen LogP contribution in [-0.2, 0) is 13.1 Å². The van der Waals surface area contributed by atoms with Crippen molar-refractivity contribution in [3.8, 4) is 5.75 Å². The summed E-state index contributed by atoms with van der Waals surface area (Å²) in [4.78, 5) is 2.53. The molecule has 1 aromatic carbocycles. The number of rotatable bonds is 5. The highest BCUT2D eigenvalue weighted by atomic mass is 16.5. The second kappa shape index (κ2) is 7.41. The van der Waals surface area contributed by atoms with Crippen LogP contribution in [0.15, 0.2) is 24.3 Å². The predicted molar refractivity (Wildman–Crippen MR) is 105 cm³/mol. The molecule has 0 radical (unpaired) electrons. The molecule has 0 amide bonds. The quantitative estimate of drug-likeness (QED) is 0.894. The molecule has 5 heteroatoms. The predicted octanol–water partition coefficient (Wildman–Crippen LogP) is 3.12. The summed E-state index contributed by atoms with van der Waals surface area (Å²) < 4.78 is 7.36. The van der Waals surface area contributed by atoms with Gasteiger partial charge in [0.15, 0.2) is 0 Å². The number of benzene rings is 1. The van der Waals surface area contributed by atoms with Crippen LogP contribution in [0.5, 0.6) is 5.75 Å². The molecule has 1 aliphatic rings. The Morgan fingerprint density at radius 2 is 1.88 bits per heavy atom. The number of likely N-dealkylation sites (tertiary alicyclic amines) is 1. The maximum atomic E-state index is 6.29. The molecule has 2 aromatic rings. The largest absolute Gasteiger partial charge is 0.497 e. The average molecular weight is 357 g/mol. The Hall–Kier alpha value is -1.85. The van der Waals surface area contributed by atoms with Crippen molar-refractivity contribution in [1.82, 2.24) is 14.7 Å². The lowest BCUT2D eigenvalue weighted by molar-refractivity contribution is 0.0895. The van der Waals surface area contributed by atoms with Gasteiger partial charge >= 0.3 is 0 Å². The van der Waals surface area contributed by atoms with Gasteiger partial charge in [-0.3, -0.25) is 9.58 Å². The van der Waals surface area contributed by atoms with Crippen LogP contribution < -0.4 is 10.5 Å². The van der Waals surface area contributed by atoms with Gasteiger partial charge in [-0.15, -0.1) is 0 Å². The number of aromatic nitrogens is 2. The fraction of sp³-hybridized carbons (Fsp3) is 0.571. The fourth-order valence-electron chi connectivity index (χ4n) is 3.86. The minimum Gasteiger partial charge on any atom is -0.497 e. The molecule has 1 atom stereocenters. The van der Waals surface area contributed by atoms with Gasteiger partial charge in [-0.1, -0.05) is 26.0 Å². The number of ether oxygens (including phenoxy) is 1. The molecular weight excluding hydrogens is 324 g/mol. The summed E-state index contributed by atoms with van der Waals surface area (Å²) in [7, 11) is 1.69. The van der Waals surface area contributed by atoms with Crippen LogP contribution >= 0.6 is 0 Å². The maximum absolute atomic E-state index is 6.29. The third kappa shape index (κ3) is 3.94. The summed E-state index contributed by atoms with van der Waals surface area (Å²) in [6.07, 6.45) is 1.06. The second-order valence-electron chi connectivity index (χ2n) is 8.25. The fourth-order valence-corrected chi connectivity index (χ4v) is 3.86. The lowest BCUT2D eigenvalue weighted by Crippen LogP contribution is -2.52. The number of nitrogens with zero attached hydrogens (tertiary/aromatic N) is 3. The van der Waals surface area contributed by atoms with E-state index in [9.17, 15) is 0 Å². The van der Waals surface area contributed by atoms with Gasteiger partial charge in [0.05, 0.1) is 19.3 Å². The highest BCUT2D eigenvalue weighted by Gasteiger charge is 2.33. The molecule has 0 bridgehead atoms. The normalized spacial score (nSPS) is 20.3. The number of hydrogen-bond acceptors (Lipinski definition) is 4. The molecule has 0 aliphatic carbocycles. The van der Waals surface area contributed by atoms with E-state index < -0.39 is 0 Å². The number of aryl methyl sites for hydroxylation is 1. The smallest absolute Gasteiger partial charge is 0.118 e. The molecule has 1 aliphatic heterocycles. The van der Waals surface area contributed by atoms with Crippen molar-refractivity contribution in [3.63, 3.8) is 0 Å².